The summed E-state index contributed by atoms with van der Waals surface area (Å²) in [5, 5.41) is 20.2. The fourth-order valence-corrected chi connectivity index (χ4v) is 2.21. The molecule has 0 aliphatic heterocycles. The van der Waals surface area contributed by atoms with E-state index in [-0.39, 0.29) is 12.4 Å². The Morgan fingerprint density at radius 3 is 2.95 bits per heavy atom. The number of nitrogens with zero attached hydrogens (tertiary/aromatic N) is 4. The molecule has 0 saturated carbocycles. The van der Waals surface area contributed by atoms with Crippen molar-refractivity contribution >= 4 is 11.8 Å². The van der Waals surface area contributed by atoms with E-state index in [0.29, 0.717) is 22.0 Å². The largest absolute Gasteiger partial charge is 0.384 e. The van der Waals surface area contributed by atoms with E-state index in [1.54, 1.807) is 19.2 Å². The highest BCUT2D eigenvalue weighted by molar-refractivity contribution is 7.98. The molecular formula is C12H11FN4OS. The van der Waals surface area contributed by atoms with Crippen molar-refractivity contribution < 1.29 is 9.50 Å². The molecule has 98 valence electrons. The third kappa shape index (κ3) is 3.53. The van der Waals surface area contributed by atoms with Crippen molar-refractivity contribution in [3.8, 4) is 11.8 Å². The number of rotatable bonds is 3. The summed E-state index contributed by atoms with van der Waals surface area (Å²) in [5.74, 6) is 5.25. The number of aliphatic hydroxyl groups is 1. The molecule has 1 aromatic heterocycles. The lowest BCUT2D eigenvalue weighted by Crippen LogP contribution is -1.95. The number of benzene rings is 1. The van der Waals surface area contributed by atoms with E-state index in [9.17, 15) is 4.39 Å². The first kappa shape index (κ1) is 13.5. The number of halogens is 1. The molecule has 0 radical (unpaired) electrons. The van der Waals surface area contributed by atoms with Crippen LogP contribution in [0.25, 0.3) is 0 Å². The minimum atomic E-state index is -0.327. The molecule has 0 spiro atoms. The van der Waals surface area contributed by atoms with Crippen LogP contribution >= 0.6 is 11.8 Å². The van der Waals surface area contributed by atoms with Crippen molar-refractivity contribution in [3.63, 3.8) is 0 Å². The van der Waals surface area contributed by atoms with Crippen LogP contribution in [0.15, 0.2) is 23.4 Å². The van der Waals surface area contributed by atoms with Gasteiger partial charge in [0.05, 0.1) is 0 Å². The molecule has 19 heavy (non-hydrogen) atoms. The molecule has 0 aliphatic rings. The zero-order valence-corrected chi connectivity index (χ0v) is 11.0. The van der Waals surface area contributed by atoms with E-state index < -0.39 is 0 Å². The highest BCUT2D eigenvalue weighted by Crippen LogP contribution is 2.21. The van der Waals surface area contributed by atoms with Gasteiger partial charge in [-0.15, -0.1) is 5.10 Å². The van der Waals surface area contributed by atoms with Crippen LogP contribution in [0.2, 0.25) is 0 Å². The molecule has 5 nitrogen and oxygen atoms in total. The highest BCUT2D eigenvalue weighted by atomic mass is 32.2. The van der Waals surface area contributed by atoms with E-state index in [2.05, 4.69) is 27.4 Å². The lowest BCUT2D eigenvalue weighted by Gasteiger charge is -2.02. The summed E-state index contributed by atoms with van der Waals surface area (Å²) in [6.45, 7) is -0.238. The monoisotopic (exact) mass is 278 g/mol. The van der Waals surface area contributed by atoms with Gasteiger partial charge in [-0.05, 0) is 28.1 Å². The molecule has 0 amide bonds. The molecule has 2 aromatic rings. The first-order chi connectivity index (χ1) is 9.20. The molecule has 0 atom stereocenters. The van der Waals surface area contributed by atoms with E-state index in [4.69, 9.17) is 5.11 Å². The number of tetrazole rings is 1. The zero-order chi connectivity index (χ0) is 13.7. The summed E-state index contributed by atoms with van der Waals surface area (Å²) in [6.07, 6.45) is 0. The van der Waals surface area contributed by atoms with Crippen LogP contribution in [-0.4, -0.2) is 31.9 Å². The maximum Gasteiger partial charge on any atom is 0.209 e. The van der Waals surface area contributed by atoms with Gasteiger partial charge in [0.15, 0.2) is 0 Å². The lowest BCUT2D eigenvalue weighted by molar-refractivity contribution is 0.350. The van der Waals surface area contributed by atoms with Gasteiger partial charge in [-0.3, -0.25) is 0 Å². The first-order valence-electron chi connectivity index (χ1n) is 5.44. The molecular weight excluding hydrogens is 267 g/mol. The molecule has 0 saturated heterocycles. The van der Waals surface area contributed by atoms with Crippen LogP contribution in [-0.2, 0) is 12.8 Å². The van der Waals surface area contributed by atoms with Gasteiger partial charge < -0.3 is 5.11 Å². The quantitative estimate of drug-likeness (QED) is 0.670. The van der Waals surface area contributed by atoms with Crippen molar-refractivity contribution in [2.24, 2.45) is 7.05 Å². The van der Waals surface area contributed by atoms with Gasteiger partial charge in [-0.1, -0.05) is 29.7 Å². The lowest BCUT2D eigenvalue weighted by atomic mass is 10.1. The predicted octanol–water partition coefficient (Wildman–Crippen LogP) is 0.985. The molecule has 0 fully saturated rings. The fraction of sp³-hybridized carbons (Fsp3) is 0.250. The Labute approximate surface area is 113 Å². The molecule has 1 N–H and O–H groups in total. The summed E-state index contributed by atoms with van der Waals surface area (Å²) < 4.78 is 15.3. The van der Waals surface area contributed by atoms with Crippen LogP contribution in [0.4, 0.5) is 4.39 Å². The van der Waals surface area contributed by atoms with Crippen molar-refractivity contribution in [1.29, 1.82) is 0 Å². The van der Waals surface area contributed by atoms with Crippen LogP contribution in [0, 0.1) is 17.7 Å². The zero-order valence-electron chi connectivity index (χ0n) is 10.2. The molecule has 0 bridgehead atoms. The van der Waals surface area contributed by atoms with Crippen LogP contribution in [0.5, 0.6) is 0 Å². The van der Waals surface area contributed by atoms with Gasteiger partial charge in [-0.25, -0.2) is 9.07 Å². The Balaban J connectivity index is 2.07. The van der Waals surface area contributed by atoms with E-state index in [1.165, 1.54) is 22.5 Å². The first-order valence-corrected chi connectivity index (χ1v) is 6.42. The van der Waals surface area contributed by atoms with E-state index >= 15 is 0 Å². The van der Waals surface area contributed by atoms with Crippen molar-refractivity contribution in [3.05, 3.63) is 35.1 Å². The highest BCUT2D eigenvalue weighted by Gasteiger charge is 2.07. The minimum Gasteiger partial charge on any atom is -0.384 e. The third-order valence-corrected chi connectivity index (χ3v) is 3.36. The molecule has 1 aromatic carbocycles. The Hall–Kier alpha value is -1.91. The second-order valence-corrected chi connectivity index (χ2v) is 4.58. The summed E-state index contributed by atoms with van der Waals surface area (Å²) in [5.41, 5.74) is 1.10. The fourth-order valence-electron chi connectivity index (χ4n) is 1.37. The molecule has 0 unspecified atom stereocenters. The summed E-state index contributed by atoms with van der Waals surface area (Å²) in [4.78, 5) is 0. The SMILES string of the molecule is Cn1nnnc1SCc1ccc(C#CCO)cc1F. The smallest absolute Gasteiger partial charge is 0.209 e. The topological polar surface area (TPSA) is 63.8 Å². The Kier molecular flexibility index (Phi) is 4.49. The molecule has 2 rings (SSSR count). The summed E-state index contributed by atoms with van der Waals surface area (Å²) >= 11 is 1.36. The van der Waals surface area contributed by atoms with E-state index in [0.717, 1.165) is 0 Å². The molecule has 7 heteroatoms. The second-order valence-electron chi connectivity index (χ2n) is 3.64. The van der Waals surface area contributed by atoms with Crippen molar-refractivity contribution in [1.82, 2.24) is 20.2 Å². The van der Waals surface area contributed by atoms with Gasteiger partial charge in [0, 0.05) is 18.4 Å². The van der Waals surface area contributed by atoms with E-state index in [1.807, 2.05) is 0 Å². The maximum atomic E-state index is 13.8. The number of aliphatic hydroxyl groups excluding tert-OH is 1. The molecule has 0 aliphatic carbocycles. The molecule has 1 heterocycles. The Morgan fingerprint density at radius 2 is 2.32 bits per heavy atom. The standard InChI is InChI=1S/C12H11FN4OS/c1-17-12(14-15-16-17)19-8-10-5-4-9(3-2-6-18)7-11(10)13/h4-5,7,18H,6,8H2,1H3. The van der Waals surface area contributed by atoms with Gasteiger partial charge >= 0.3 is 0 Å². The van der Waals surface area contributed by atoms with Gasteiger partial charge in [-0.2, -0.15) is 0 Å². The van der Waals surface area contributed by atoms with Crippen LogP contribution in [0.3, 0.4) is 0 Å². The van der Waals surface area contributed by atoms with Gasteiger partial charge in [0.2, 0.25) is 5.16 Å². The van der Waals surface area contributed by atoms with Crippen LogP contribution < -0.4 is 0 Å². The predicted molar refractivity (Wildman–Crippen MR) is 68.7 cm³/mol. The average molecular weight is 278 g/mol. The Morgan fingerprint density at radius 1 is 1.47 bits per heavy atom. The Bertz CT molecular complexity index is 632. The normalized spacial score (nSPS) is 10.1. The average Bonchev–Trinajstić information content (AvgIpc) is 2.81. The second kappa shape index (κ2) is 6.31. The maximum absolute atomic E-state index is 13.8. The summed E-state index contributed by atoms with van der Waals surface area (Å²) in [7, 11) is 1.73. The minimum absolute atomic E-state index is 0.238. The van der Waals surface area contributed by atoms with Gasteiger partial charge in [0.25, 0.3) is 0 Å². The number of hydrogen-bond donors (Lipinski definition) is 1. The number of thioether (sulfide) groups is 1. The van der Waals surface area contributed by atoms with Crippen molar-refractivity contribution in [2.75, 3.05) is 6.61 Å². The van der Waals surface area contributed by atoms with Gasteiger partial charge in [0.1, 0.15) is 12.4 Å². The number of aromatic nitrogens is 4. The van der Waals surface area contributed by atoms with Crippen LogP contribution in [0.1, 0.15) is 11.1 Å². The third-order valence-electron chi connectivity index (χ3n) is 2.30. The number of hydrogen-bond acceptors (Lipinski definition) is 5. The summed E-state index contributed by atoms with van der Waals surface area (Å²) in [6, 6.07) is 4.75. The van der Waals surface area contributed by atoms with Crippen molar-refractivity contribution in [2.45, 2.75) is 10.9 Å². The number of aryl methyl sites for hydroxylation is 1.